The Labute approximate surface area is 96.6 Å². The Morgan fingerprint density at radius 3 is 2.94 bits per heavy atom. The fourth-order valence-electron chi connectivity index (χ4n) is 2.79. The second-order valence-electron chi connectivity index (χ2n) is 4.93. The number of nitrogens with zero attached hydrogens (tertiary/aromatic N) is 1. The van der Waals surface area contributed by atoms with E-state index in [2.05, 4.69) is 4.90 Å². The van der Waals surface area contributed by atoms with Crippen molar-refractivity contribution in [2.75, 3.05) is 19.7 Å². The number of aliphatic hydroxyl groups excluding tert-OH is 1. The molecule has 1 aliphatic heterocycles. The molecule has 4 heteroatoms. The van der Waals surface area contributed by atoms with Crippen LogP contribution in [0.4, 0.5) is 0 Å². The first kappa shape index (κ1) is 12.0. The largest absolute Gasteiger partial charge is 0.394 e. The Hall–Kier alpha value is -0.450. The van der Waals surface area contributed by atoms with Crippen molar-refractivity contribution in [1.29, 1.82) is 0 Å². The highest BCUT2D eigenvalue weighted by Gasteiger charge is 2.34. The van der Waals surface area contributed by atoms with E-state index >= 15 is 0 Å². The van der Waals surface area contributed by atoms with Crippen LogP contribution in [0.1, 0.15) is 32.6 Å². The molecule has 3 atom stereocenters. The summed E-state index contributed by atoms with van der Waals surface area (Å²) in [6.07, 6.45) is 3.87. The van der Waals surface area contributed by atoms with Crippen LogP contribution in [0.3, 0.4) is 0 Å². The number of aliphatic hydroxyl groups is 1. The zero-order valence-electron chi connectivity index (χ0n) is 9.89. The van der Waals surface area contributed by atoms with Gasteiger partial charge in [0.2, 0.25) is 0 Å². The van der Waals surface area contributed by atoms with E-state index in [0.29, 0.717) is 12.3 Å². The highest BCUT2D eigenvalue weighted by atomic mass is 16.5. The average Bonchev–Trinajstić information content (AvgIpc) is 2.28. The molecule has 4 nitrogen and oxygen atoms in total. The molecule has 0 aromatic heterocycles. The fraction of sp³-hybridized carbons (Fsp3) is 0.917. The first-order chi connectivity index (χ1) is 7.70. The van der Waals surface area contributed by atoms with Crippen molar-refractivity contribution in [3.8, 4) is 0 Å². The lowest BCUT2D eigenvalue weighted by molar-refractivity contribution is -0.137. The standard InChI is InChI=1S/C12H21NO3/c1-9-6-13(7-10(8-14)16-9)11-4-2-3-5-12(11)15/h9-11,14H,2-8H2,1H3. The summed E-state index contributed by atoms with van der Waals surface area (Å²) in [5, 5.41) is 9.15. The summed E-state index contributed by atoms with van der Waals surface area (Å²) < 4.78 is 5.59. The van der Waals surface area contributed by atoms with Crippen LogP contribution in [0.25, 0.3) is 0 Å². The van der Waals surface area contributed by atoms with Crippen molar-refractivity contribution in [2.45, 2.75) is 50.9 Å². The van der Waals surface area contributed by atoms with Gasteiger partial charge in [-0.2, -0.15) is 0 Å². The molecule has 0 amide bonds. The molecule has 16 heavy (non-hydrogen) atoms. The summed E-state index contributed by atoms with van der Waals surface area (Å²) in [5.41, 5.74) is 0. The second kappa shape index (κ2) is 5.25. The third-order valence-electron chi connectivity index (χ3n) is 3.52. The molecular weight excluding hydrogens is 206 g/mol. The smallest absolute Gasteiger partial charge is 0.149 e. The van der Waals surface area contributed by atoms with Gasteiger partial charge in [-0.1, -0.05) is 6.42 Å². The van der Waals surface area contributed by atoms with Crippen molar-refractivity contribution in [1.82, 2.24) is 4.90 Å². The molecule has 0 aromatic carbocycles. The zero-order chi connectivity index (χ0) is 11.5. The summed E-state index contributed by atoms with van der Waals surface area (Å²) in [4.78, 5) is 14.1. The monoisotopic (exact) mass is 227 g/mol. The fourth-order valence-corrected chi connectivity index (χ4v) is 2.79. The normalized spacial score (nSPS) is 37.6. The number of ether oxygens (including phenoxy) is 1. The van der Waals surface area contributed by atoms with Crippen LogP contribution in [0, 0.1) is 0 Å². The molecule has 2 aliphatic rings. The molecule has 1 N–H and O–H groups in total. The minimum atomic E-state index is -0.126. The highest BCUT2D eigenvalue weighted by molar-refractivity contribution is 5.84. The molecular formula is C12H21NO3. The molecule has 1 heterocycles. The molecule has 0 radical (unpaired) electrons. The minimum absolute atomic E-state index is 0.0434. The molecule has 0 spiro atoms. The lowest BCUT2D eigenvalue weighted by atomic mass is 9.92. The van der Waals surface area contributed by atoms with E-state index < -0.39 is 0 Å². The minimum Gasteiger partial charge on any atom is -0.394 e. The lowest BCUT2D eigenvalue weighted by Gasteiger charge is -2.41. The van der Waals surface area contributed by atoms with Crippen molar-refractivity contribution in [3.05, 3.63) is 0 Å². The molecule has 0 aromatic rings. The van der Waals surface area contributed by atoms with Gasteiger partial charge in [-0.25, -0.2) is 0 Å². The Morgan fingerprint density at radius 1 is 1.44 bits per heavy atom. The third kappa shape index (κ3) is 2.62. The number of ketones is 1. The van der Waals surface area contributed by atoms with Crippen LogP contribution in [0.2, 0.25) is 0 Å². The van der Waals surface area contributed by atoms with Gasteiger partial charge in [0.1, 0.15) is 5.78 Å². The molecule has 0 bridgehead atoms. The van der Waals surface area contributed by atoms with E-state index in [0.717, 1.165) is 32.2 Å². The number of hydrogen-bond donors (Lipinski definition) is 1. The van der Waals surface area contributed by atoms with Crippen LogP contribution in [0.5, 0.6) is 0 Å². The van der Waals surface area contributed by atoms with Crippen LogP contribution < -0.4 is 0 Å². The van der Waals surface area contributed by atoms with Crippen LogP contribution in [-0.4, -0.2) is 53.7 Å². The molecule has 1 aliphatic carbocycles. The summed E-state index contributed by atoms with van der Waals surface area (Å²) in [5.74, 6) is 0.372. The Balaban J connectivity index is 1.99. The maximum Gasteiger partial charge on any atom is 0.149 e. The van der Waals surface area contributed by atoms with Gasteiger partial charge >= 0.3 is 0 Å². The van der Waals surface area contributed by atoms with Crippen LogP contribution in [0.15, 0.2) is 0 Å². The summed E-state index contributed by atoms with van der Waals surface area (Å²) in [7, 11) is 0. The van der Waals surface area contributed by atoms with Crippen molar-refractivity contribution < 1.29 is 14.6 Å². The second-order valence-corrected chi connectivity index (χ2v) is 4.93. The summed E-state index contributed by atoms with van der Waals surface area (Å²) in [6.45, 7) is 3.55. The number of carbonyl (C=O) groups is 1. The maximum absolute atomic E-state index is 11.9. The number of carbonyl (C=O) groups excluding carboxylic acids is 1. The number of Topliss-reactive ketones (excluding diaryl/α,β-unsaturated/α-hetero) is 1. The third-order valence-corrected chi connectivity index (χ3v) is 3.52. The molecule has 2 fully saturated rings. The average molecular weight is 227 g/mol. The Kier molecular flexibility index (Phi) is 3.95. The summed E-state index contributed by atoms with van der Waals surface area (Å²) in [6, 6.07) is 0.0779. The SMILES string of the molecule is CC1CN(C2CCCCC2=O)CC(CO)O1. The maximum atomic E-state index is 11.9. The molecule has 2 rings (SSSR count). The first-order valence-electron chi connectivity index (χ1n) is 6.23. The zero-order valence-corrected chi connectivity index (χ0v) is 9.89. The number of rotatable bonds is 2. The predicted octanol–water partition coefficient (Wildman–Crippen LogP) is 0.580. The van der Waals surface area contributed by atoms with Gasteiger partial charge in [-0.3, -0.25) is 9.69 Å². The van der Waals surface area contributed by atoms with Gasteiger partial charge in [-0.15, -0.1) is 0 Å². The van der Waals surface area contributed by atoms with E-state index in [1.807, 2.05) is 6.92 Å². The summed E-state index contributed by atoms with van der Waals surface area (Å²) >= 11 is 0. The van der Waals surface area contributed by atoms with Gasteiger partial charge in [0.25, 0.3) is 0 Å². The van der Waals surface area contributed by atoms with Crippen molar-refractivity contribution in [3.63, 3.8) is 0 Å². The first-order valence-corrected chi connectivity index (χ1v) is 6.23. The molecule has 1 saturated heterocycles. The molecule has 1 saturated carbocycles. The quantitative estimate of drug-likeness (QED) is 0.749. The lowest BCUT2D eigenvalue weighted by Crippen LogP contribution is -2.54. The molecule has 3 unspecified atom stereocenters. The van der Waals surface area contributed by atoms with Gasteiger partial charge < -0.3 is 9.84 Å². The Bertz CT molecular complexity index is 257. The Morgan fingerprint density at radius 2 is 2.25 bits per heavy atom. The van der Waals surface area contributed by atoms with Crippen molar-refractivity contribution in [2.24, 2.45) is 0 Å². The van der Waals surface area contributed by atoms with Gasteiger partial charge in [0, 0.05) is 19.5 Å². The van der Waals surface area contributed by atoms with Gasteiger partial charge in [-0.05, 0) is 19.8 Å². The number of morpholine rings is 1. The predicted molar refractivity (Wildman–Crippen MR) is 60.3 cm³/mol. The van der Waals surface area contributed by atoms with Crippen molar-refractivity contribution >= 4 is 5.78 Å². The molecule has 92 valence electrons. The van der Waals surface area contributed by atoms with Gasteiger partial charge in [0.05, 0.1) is 24.9 Å². The van der Waals surface area contributed by atoms with E-state index in [1.54, 1.807) is 0 Å². The van der Waals surface area contributed by atoms with E-state index in [9.17, 15) is 4.79 Å². The van der Waals surface area contributed by atoms with E-state index in [4.69, 9.17) is 9.84 Å². The van der Waals surface area contributed by atoms with E-state index in [1.165, 1.54) is 0 Å². The number of hydrogen-bond acceptors (Lipinski definition) is 4. The topological polar surface area (TPSA) is 49.8 Å². The van der Waals surface area contributed by atoms with Crippen LogP contribution in [-0.2, 0) is 9.53 Å². The highest BCUT2D eigenvalue weighted by Crippen LogP contribution is 2.23. The van der Waals surface area contributed by atoms with Crippen LogP contribution >= 0.6 is 0 Å². The van der Waals surface area contributed by atoms with E-state index in [-0.39, 0.29) is 24.9 Å². The van der Waals surface area contributed by atoms with Gasteiger partial charge in [0.15, 0.2) is 0 Å².